The monoisotopic (exact) mass is 259 g/mol. The van der Waals surface area contributed by atoms with Gasteiger partial charge in [0.15, 0.2) is 0 Å². The summed E-state index contributed by atoms with van der Waals surface area (Å²) in [5.41, 5.74) is 2.11. The molecule has 19 heavy (non-hydrogen) atoms. The molecule has 100 valence electrons. The van der Waals surface area contributed by atoms with Crippen molar-refractivity contribution >= 4 is 11.7 Å². The van der Waals surface area contributed by atoms with Gasteiger partial charge in [0.2, 0.25) is 0 Å². The largest absolute Gasteiger partial charge is 0.396 e. The number of nitriles is 1. The minimum atomic E-state index is -0.172. The lowest BCUT2D eigenvalue weighted by Crippen LogP contribution is -2.33. The fourth-order valence-corrected chi connectivity index (χ4v) is 2.19. The molecule has 5 nitrogen and oxygen atoms in total. The van der Waals surface area contributed by atoms with Crippen molar-refractivity contribution in [3.05, 3.63) is 29.3 Å². The zero-order valence-corrected chi connectivity index (χ0v) is 10.9. The average molecular weight is 259 g/mol. The Hall–Kier alpha value is -2.06. The zero-order chi connectivity index (χ0) is 13.8. The normalized spacial score (nSPS) is 18.2. The second-order valence-corrected chi connectivity index (χ2v) is 4.85. The number of rotatable bonds is 2. The third-order valence-electron chi connectivity index (χ3n) is 3.44. The molecule has 1 aliphatic heterocycles. The summed E-state index contributed by atoms with van der Waals surface area (Å²) in [5.74, 6) is 0.178. The molecule has 1 aromatic rings. The lowest BCUT2D eigenvalue weighted by atomic mass is 10.1. The fourth-order valence-electron chi connectivity index (χ4n) is 2.19. The number of amides is 2. The maximum Gasteiger partial charge on any atom is 0.321 e. The smallest absolute Gasteiger partial charge is 0.321 e. The number of urea groups is 1. The molecule has 1 saturated heterocycles. The second-order valence-electron chi connectivity index (χ2n) is 4.85. The van der Waals surface area contributed by atoms with Gasteiger partial charge in [-0.2, -0.15) is 5.26 Å². The van der Waals surface area contributed by atoms with Crippen LogP contribution in [0.2, 0.25) is 0 Å². The predicted molar refractivity (Wildman–Crippen MR) is 71.7 cm³/mol. The van der Waals surface area contributed by atoms with Crippen LogP contribution in [0.15, 0.2) is 18.2 Å². The molecule has 1 heterocycles. The number of carbonyl (C=O) groups excluding carboxylic acids is 1. The number of aryl methyl sites for hydroxylation is 1. The van der Waals surface area contributed by atoms with Crippen molar-refractivity contribution in [1.82, 2.24) is 4.90 Å². The highest BCUT2D eigenvalue weighted by atomic mass is 16.3. The Morgan fingerprint density at radius 1 is 1.63 bits per heavy atom. The van der Waals surface area contributed by atoms with Crippen molar-refractivity contribution in [2.24, 2.45) is 5.92 Å². The number of carbonyl (C=O) groups is 1. The van der Waals surface area contributed by atoms with Gasteiger partial charge in [-0.05, 0) is 31.0 Å². The van der Waals surface area contributed by atoms with Crippen molar-refractivity contribution in [1.29, 1.82) is 5.26 Å². The lowest BCUT2D eigenvalue weighted by molar-refractivity contribution is 0.208. The van der Waals surface area contributed by atoms with Gasteiger partial charge in [-0.25, -0.2) is 4.79 Å². The Labute approximate surface area is 112 Å². The Bertz CT molecular complexity index is 522. The van der Waals surface area contributed by atoms with Crippen molar-refractivity contribution in [3.8, 4) is 6.07 Å². The van der Waals surface area contributed by atoms with Crippen molar-refractivity contribution < 1.29 is 9.90 Å². The van der Waals surface area contributed by atoms with Crippen LogP contribution in [-0.2, 0) is 0 Å². The van der Waals surface area contributed by atoms with E-state index in [1.165, 1.54) is 0 Å². The van der Waals surface area contributed by atoms with Gasteiger partial charge in [-0.3, -0.25) is 0 Å². The number of nitrogens with one attached hydrogen (secondary N) is 1. The zero-order valence-electron chi connectivity index (χ0n) is 10.9. The molecule has 2 amide bonds. The van der Waals surface area contributed by atoms with E-state index >= 15 is 0 Å². The topological polar surface area (TPSA) is 76.4 Å². The number of likely N-dealkylation sites (tertiary alicyclic amines) is 1. The summed E-state index contributed by atoms with van der Waals surface area (Å²) in [6.45, 7) is 3.25. The van der Waals surface area contributed by atoms with Gasteiger partial charge in [0.25, 0.3) is 0 Å². The Kier molecular flexibility index (Phi) is 4.03. The molecule has 0 bridgehead atoms. The molecule has 0 aliphatic carbocycles. The van der Waals surface area contributed by atoms with E-state index in [2.05, 4.69) is 11.4 Å². The maximum absolute atomic E-state index is 12.1. The minimum absolute atomic E-state index is 0.118. The Balaban J connectivity index is 2.05. The number of anilines is 1. The van der Waals surface area contributed by atoms with Crippen LogP contribution >= 0.6 is 0 Å². The molecular weight excluding hydrogens is 242 g/mol. The van der Waals surface area contributed by atoms with Crippen molar-refractivity contribution in [3.63, 3.8) is 0 Å². The first-order chi connectivity index (χ1) is 9.13. The van der Waals surface area contributed by atoms with Gasteiger partial charge < -0.3 is 15.3 Å². The summed E-state index contributed by atoms with van der Waals surface area (Å²) in [5, 5.41) is 20.8. The van der Waals surface area contributed by atoms with E-state index in [9.17, 15) is 4.79 Å². The predicted octanol–water partition coefficient (Wildman–Crippen LogP) is 1.71. The van der Waals surface area contributed by atoms with Crippen LogP contribution in [-0.4, -0.2) is 35.7 Å². The second kappa shape index (κ2) is 5.72. The fraction of sp³-hybridized carbons (Fsp3) is 0.429. The maximum atomic E-state index is 12.1. The molecule has 1 aromatic carbocycles. The van der Waals surface area contributed by atoms with Gasteiger partial charge >= 0.3 is 6.03 Å². The molecule has 1 atom stereocenters. The summed E-state index contributed by atoms with van der Waals surface area (Å²) < 4.78 is 0. The van der Waals surface area contributed by atoms with Crippen LogP contribution in [0.25, 0.3) is 0 Å². The molecule has 1 unspecified atom stereocenters. The van der Waals surface area contributed by atoms with Crippen LogP contribution in [0.1, 0.15) is 17.5 Å². The molecule has 0 aromatic heterocycles. The van der Waals surface area contributed by atoms with E-state index in [4.69, 9.17) is 10.4 Å². The molecule has 1 fully saturated rings. The molecule has 1 aliphatic rings. The highest BCUT2D eigenvalue weighted by Gasteiger charge is 2.25. The molecule has 2 N–H and O–H groups in total. The van der Waals surface area contributed by atoms with Crippen LogP contribution in [0, 0.1) is 24.2 Å². The van der Waals surface area contributed by atoms with E-state index in [0.29, 0.717) is 24.3 Å². The minimum Gasteiger partial charge on any atom is -0.396 e. The highest BCUT2D eigenvalue weighted by molar-refractivity contribution is 5.90. The van der Waals surface area contributed by atoms with Crippen LogP contribution < -0.4 is 5.32 Å². The number of benzene rings is 1. The van der Waals surface area contributed by atoms with Gasteiger partial charge in [-0.1, -0.05) is 6.07 Å². The number of nitrogens with zero attached hydrogens (tertiary/aromatic N) is 2. The number of aliphatic hydroxyl groups excluding tert-OH is 1. The third-order valence-corrected chi connectivity index (χ3v) is 3.44. The summed E-state index contributed by atoms with van der Waals surface area (Å²) in [6.07, 6.45) is 0.834. The summed E-state index contributed by atoms with van der Waals surface area (Å²) in [6, 6.07) is 7.10. The molecule has 0 radical (unpaired) electrons. The average Bonchev–Trinajstić information content (AvgIpc) is 2.90. The summed E-state index contributed by atoms with van der Waals surface area (Å²) in [7, 11) is 0. The van der Waals surface area contributed by atoms with Crippen molar-refractivity contribution in [2.45, 2.75) is 13.3 Å². The van der Waals surface area contributed by atoms with E-state index in [-0.39, 0.29) is 18.6 Å². The van der Waals surface area contributed by atoms with Gasteiger partial charge in [-0.15, -0.1) is 0 Å². The van der Waals surface area contributed by atoms with Crippen molar-refractivity contribution in [2.75, 3.05) is 25.0 Å². The SMILES string of the molecule is Cc1ccc(C#N)cc1NC(=O)N1CCC(CO)C1. The van der Waals surface area contributed by atoms with Crippen LogP contribution in [0.4, 0.5) is 10.5 Å². The number of hydrogen-bond donors (Lipinski definition) is 2. The van der Waals surface area contributed by atoms with Gasteiger partial charge in [0, 0.05) is 31.3 Å². The first-order valence-electron chi connectivity index (χ1n) is 6.31. The molecule has 5 heteroatoms. The van der Waals surface area contributed by atoms with E-state index in [0.717, 1.165) is 12.0 Å². The van der Waals surface area contributed by atoms with Crippen LogP contribution in [0.3, 0.4) is 0 Å². The Morgan fingerprint density at radius 3 is 3.05 bits per heavy atom. The molecular formula is C14H17N3O2. The highest BCUT2D eigenvalue weighted by Crippen LogP contribution is 2.20. The van der Waals surface area contributed by atoms with Gasteiger partial charge in [0.05, 0.1) is 11.6 Å². The number of hydrogen-bond acceptors (Lipinski definition) is 3. The van der Waals surface area contributed by atoms with E-state index < -0.39 is 0 Å². The van der Waals surface area contributed by atoms with Crippen LogP contribution in [0.5, 0.6) is 0 Å². The summed E-state index contributed by atoms with van der Waals surface area (Å²) >= 11 is 0. The quantitative estimate of drug-likeness (QED) is 0.849. The first kappa shape index (κ1) is 13.4. The summed E-state index contributed by atoms with van der Waals surface area (Å²) in [4.78, 5) is 13.8. The lowest BCUT2D eigenvalue weighted by Gasteiger charge is -2.18. The standard InChI is InChI=1S/C14H17N3O2/c1-10-2-3-11(7-15)6-13(10)16-14(19)17-5-4-12(8-17)9-18/h2-3,6,12,18H,4-5,8-9H2,1H3,(H,16,19). The third kappa shape index (κ3) is 3.04. The first-order valence-corrected chi connectivity index (χ1v) is 6.31. The molecule has 0 spiro atoms. The van der Waals surface area contributed by atoms with E-state index in [1.807, 2.05) is 13.0 Å². The molecule has 2 rings (SSSR count). The Morgan fingerprint density at radius 2 is 2.42 bits per heavy atom. The van der Waals surface area contributed by atoms with E-state index in [1.54, 1.807) is 17.0 Å². The van der Waals surface area contributed by atoms with Gasteiger partial charge in [0.1, 0.15) is 0 Å². The number of aliphatic hydroxyl groups is 1. The molecule has 0 saturated carbocycles.